The fraction of sp³-hybridized carbons (Fsp3) is 0.278. The number of carbonyl (C=O) groups excluding carboxylic acids is 1. The number of ether oxygens (including phenoxy) is 2. The number of carbonyl (C=O) groups is 1. The van der Waals surface area contributed by atoms with Gasteiger partial charge >= 0.3 is 5.97 Å². The molecule has 2 aromatic rings. The highest BCUT2D eigenvalue weighted by Gasteiger charge is 2.16. The third-order valence-electron chi connectivity index (χ3n) is 3.31. The molecule has 1 N–H and O–H groups in total. The average molecular weight is 299 g/mol. The highest BCUT2D eigenvalue weighted by Crippen LogP contribution is 2.24. The minimum atomic E-state index is -0.211. The zero-order valence-corrected chi connectivity index (χ0v) is 12.9. The lowest BCUT2D eigenvalue weighted by molar-refractivity contribution is -0.143. The maximum Gasteiger partial charge on any atom is 0.308 e. The monoisotopic (exact) mass is 299 g/mol. The molecule has 0 aliphatic carbocycles. The van der Waals surface area contributed by atoms with Crippen molar-refractivity contribution in [1.29, 1.82) is 0 Å². The Morgan fingerprint density at radius 2 is 1.77 bits per heavy atom. The van der Waals surface area contributed by atoms with Gasteiger partial charge in [-0.2, -0.15) is 0 Å². The molecule has 4 heteroatoms. The predicted molar refractivity (Wildman–Crippen MR) is 87.0 cm³/mol. The van der Waals surface area contributed by atoms with Crippen molar-refractivity contribution in [3.63, 3.8) is 0 Å². The van der Waals surface area contributed by atoms with E-state index in [4.69, 9.17) is 9.47 Å². The van der Waals surface area contributed by atoms with Crippen LogP contribution in [0, 0.1) is 0 Å². The predicted octanol–water partition coefficient (Wildman–Crippen LogP) is 3.80. The molecule has 1 atom stereocenters. The normalized spacial score (nSPS) is 11.5. The Kier molecular flexibility index (Phi) is 5.83. The van der Waals surface area contributed by atoms with Gasteiger partial charge in [0.25, 0.3) is 0 Å². The Balaban J connectivity index is 2.14. The fourth-order valence-corrected chi connectivity index (χ4v) is 2.21. The van der Waals surface area contributed by atoms with Gasteiger partial charge in [0.1, 0.15) is 5.75 Å². The quantitative estimate of drug-likeness (QED) is 0.790. The fourth-order valence-electron chi connectivity index (χ4n) is 2.21. The van der Waals surface area contributed by atoms with E-state index in [0.29, 0.717) is 6.61 Å². The second-order valence-electron chi connectivity index (χ2n) is 4.85. The number of esters is 1. The molecule has 0 bridgehead atoms. The summed E-state index contributed by atoms with van der Waals surface area (Å²) in [5.74, 6) is 0.588. The van der Waals surface area contributed by atoms with E-state index in [1.54, 1.807) is 7.11 Å². The molecule has 1 unspecified atom stereocenters. The van der Waals surface area contributed by atoms with Crippen molar-refractivity contribution in [1.82, 2.24) is 0 Å². The Morgan fingerprint density at radius 3 is 2.36 bits per heavy atom. The Morgan fingerprint density at radius 1 is 1.09 bits per heavy atom. The minimum Gasteiger partial charge on any atom is -0.497 e. The van der Waals surface area contributed by atoms with Crippen LogP contribution in [0.15, 0.2) is 54.6 Å². The van der Waals surface area contributed by atoms with E-state index in [1.807, 2.05) is 61.5 Å². The molecular formula is C18H21NO3. The first-order valence-corrected chi connectivity index (χ1v) is 7.34. The van der Waals surface area contributed by atoms with Gasteiger partial charge in [0, 0.05) is 5.69 Å². The molecule has 0 aliphatic heterocycles. The Bertz CT molecular complexity index is 581. The van der Waals surface area contributed by atoms with Crippen LogP contribution in [-0.2, 0) is 9.53 Å². The summed E-state index contributed by atoms with van der Waals surface area (Å²) in [6, 6.07) is 17.4. The summed E-state index contributed by atoms with van der Waals surface area (Å²) >= 11 is 0. The van der Waals surface area contributed by atoms with Crippen molar-refractivity contribution in [2.75, 3.05) is 19.0 Å². The first kappa shape index (κ1) is 15.9. The van der Waals surface area contributed by atoms with Crippen molar-refractivity contribution < 1.29 is 14.3 Å². The van der Waals surface area contributed by atoms with Gasteiger partial charge in [-0.3, -0.25) is 4.79 Å². The number of hydrogen-bond donors (Lipinski definition) is 1. The zero-order valence-electron chi connectivity index (χ0n) is 12.9. The molecular weight excluding hydrogens is 278 g/mol. The molecule has 0 spiro atoms. The highest BCUT2D eigenvalue weighted by molar-refractivity contribution is 5.71. The van der Waals surface area contributed by atoms with Crippen molar-refractivity contribution in [2.45, 2.75) is 19.4 Å². The van der Waals surface area contributed by atoms with Crippen LogP contribution >= 0.6 is 0 Å². The summed E-state index contributed by atoms with van der Waals surface area (Å²) in [4.78, 5) is 11.8. The van der Waals surface area contributed by atoms with E-state index < -0.39 is 0 Å². The number of rotatable bonds is 7. The Hall–Kier alpha value is -2.49. The molecule has 22 heavy (non-hydrogen) atoms. The minimum absolute atomic E-state index is 0.131. The van der Waals surface area contributed by atoms with E-state index in [2.05, 4.69) is 5.32 Å². The van der Waals surface area contributed by atoms with Crippen LogP contribution in [-0.4, -0.2) is 19.7 Å². The number of methoxy groups -OCH3 is 1. The summed E-state index contributed by atoms with van der Waals surface area (Å²) in [5.41, 5.74) is 1.98. The van der Waals surface area contributed by atoms with E-state index >= 15 is 0 Å². The van der Waals surface area contributed by atoms with Gasteiger partial charge in [-0.15, -0.1) is 0 Å². The van der Waals surface area contributed by atoms with Crippen molar-refractivity contribution in [3.8, 4) is 5.75 Å². The van der Waals surface area contributed by atoms with Gasteiger partial charge in [0.05, 0.1) is 26.2 Å². The topological polar surface area (TPSA) is 47.6 Å². The number of nitrogens with one attached hydrogen (secondary N) is 1. The molecule has 0 amide bonds. The second-order valence-corrected chi connectivity index (χ2v) is 4.85. The second kappa shape index (κ2) is 8.08. The van der Waals surface area contributed by atoms with E-state index in [-0.39, 0.29) is 18.4 Å². The standard InChI is InChI=1S/C18H21NO3/c1-3-22-18(20)13-17(14-7-5-4-6-8-14)19-15-9-11-16(21-2)12-10-15/h4-12,17,19H,3,13H2,1-2H3. The highest BCUT2D eigenvalue weighted by atomic mass is 16.5. The van der Waals surface area contributed by atoms with E-state index in [9.17, 15) is 4.79 Å². The molecule has 0 radical (unpaired) electrons. The van der Waals surface area contributed by atoms with Gasteiger partial charge in [-0.25, -0.2) is 0 Å². The van der Waals surface area contributed by atoms with Crippen molar-refractivity contribution >= 4 is 11.7 Å². The lowest BCUT2D eigenvalue weighted by Crippen LogP contribution is -2.17. The summed E-state index contributed by atoms with van der Waals surface area (Å²) in [7, 11) is 1.63. The Labute approximate surface area is 131 Å². The smallest absolute Gasteiger partial charge is 0.308 e. The maximum absolute atomic E-state index is 11.8. The summed E-state index contributed by atoms with van der Waals surface area (Å²) < 4.78 is 10.2. The van der Waals surface area contributed by atoms with Crippen molar-refractivity contribution in [3.05, 3.63) is 60.2 Å². The van der Waals surface area contributed by atoms with Crippen LogP contribution in [0.4, 0.5) is 5.69 Å². The first-order chi connectivity index (χ1) is 10.7. The average Bonchev–Trinajstić information content (AvgIpc) is 2.56. The number of hydrogen-bond acceptors (Lipinski definition) is 4. The van der Waals surface area contributed by atoms with E-state index in [0.717, 1.165) is 17.0 Å². The summed E-state index contributed by atoms with van der Waals surface area (Å²) in [6.45, 7) is 2.20. The molecule has 2 aromatic carbocycles. The van der Waals surface area contributed by atoms with Gasteiger partial charge < -0.3 is 14.8 Å². The van der Waals surface area contributed by atoms with Crippen LogP contribution in [0.25, 0.3) is 0 Å². The molecule has 0 saturated carbocycles. The molecule has 0 aromatic heterocycles. The lowest BCUT2D eigenvalue weighted by Gasteiger charge is -2.20. The summed E-state index contributed by atoms with van der Waals surface area (Å²) in [6.07, 6.45) is 0.282. The number of benzene rings is 2. The lowest BCUT2D eigenvalue weighted by atomic mass is 10.0. The van der Waals surface area contributed by atoms with Crippen LogP contribution in [0.3, 0.4) is 0 Å². The molecule has 4 nitrogen and oxygen atoms in total. The molecule has 0 heterocycles. The maximum atomic E-state index is 11.8. The van der Waals surface area contributed by atoms with Crippen LogP contribution in [0.5, 0.6) is 5.75 Å². The molecule has 0 saturated heterocycles. The van der Waals surface area contributed by atoms with Crippen LogP contribution in [0.2, 0.25) is 0 Å². The SMILES string of the molecule is CCOC(=O)CC(Nc1ccc(OC)cc1)c1ccccc1. The van der Waals surface area contributed by atoms with Gasteiger partial charge in [-0.1, -0.05) is 30.3 Å². The zero-order chi connectivity index (χ0) is 15.8. The largest absolute Gasteiger partial charge is 0.497 e. The van der Waals surface area contributed by atoms with E-state index in [1.165, 1.54) is 0 Å². The van der Waals surface area contributed by atoms with Crippen LogP contribution < -0.4 is 10.1 Å². The molecule has 0 aliphatic rings. The molecule has 0 fully saturated rings. The van der Waals surface area contributed by atoms with Gasteiger partial charge in [0.2, 0.25) is 0 Å². The summed E-state index contributed by atoms with van der Waals surface area (Å²) in [5, 5.41) is 3.38. The van der Waals surface area contributed by atoms with Crippen LogP contribution in [0.1, 0.15) is 24.9 Å². The third kappa shape index (κ3) is 4.52. The molecule has 2 rings (SSSR count). The first-order valence-electron chi connectivity index (χ1n) is 7.34. The third-order valence-corrected chi connectivity index (χ3v) is 3.31. The molecule has 116 valence electrons. The van der Waals surface area contributed by atoms with Gasteiger partial charge in [0.15, 0.2) is 0 Å². The van der Waals surface area contributed by atoms with Gasteiger partial charge in [-0.05, 0) is 36.8 Å². The number of anilines is 1. The van der Waals surface area contributed by atoms with Crippen molar-refractivity contribution in [2.24, 2.45) is 0 Å².